The Morgan fingerprint density at radius 2 is 2.20 bits per heavy atom. The number of hydrogen-bond donors (Lipinski definition) is 1. The summed E-state index contributed by atoms with van der Waals surface area (Å²) in [4.78, 5) is 10.2. The van der Waals surface area contributed by atoms with Crippen molar-refractivity contribution < 1.29 is 17.9 Å². The largest absolute Gasteiger partial charge is 0.475 e. The molecule has 0 saturated carbocycles. The highest BCUT2D eigenvalue weighted by Crippen LogP contribution is 2.33. The van der Waals surface area contributed by atoms with Crippen molar-refractivity contribution in [2.75, 3.05) is 33.3 Å². The zero-order chi connectivity index (χ0) is 21.7. The number of aromatic nitrogens is 3. The zero-order valence-corrected chi connectivity index (χ0v) is 17.5. The number of nitrogens with zero attached hydrogens (tertiary/aromatic N) is 5. The van der Waals surface area contributed by atoms with Gasteiger partial charge in [0.25, 0.3) is 0 Å². The van der Waals surface area contributed by atoms with Crippen molar-refractivity contribution in [3.8, 4) is 5.88 Å². The number of halogens is 4. The molecule has 3 rings (SSSR count). The van der Waals surface area contributed by atoms with Crippen molar-refractivity contribution >= 4 is 17.6 Å². The van der Waals surface area contributed by atoms with Crippen LogP contribution in [-0.4, -0.2) is 58.9 Å². The summed E-state index contributed by atoms with van der Waals surface area (Å²) in [5.74, 6) is 1.26. The van der Waals surface area contributed by atoms with Crippen LogP contribution in [0.3, 0.4) is 0 Å². The smallest absolute Gasteiger partial charge is 0.417 e. The van der Waals surface area contributed by atoms with E-state index in [1.54, 1.807) is 11.7 Å². The SMILES string of the molecule is CN=C(NCCOc1ncc(C(F)(F)F)cc1Cl)N1CCC(Cc2cnn(C)c2)C1. The molecule has 3 heterocycles. The van der Waals surface area contributed by atoms with Crippen LogP contribution in [-0.2, 0) is 19.6 Å². The standard InChI is InChI=1S/C19H24ClF3N6O/c1-24-18(29-5-3-13(12-29)7-14-9-27-28(2)11-14)25-4-6-30-17-16(20)8-15(10-26-17)19(21,22)23/h8-11,13H,3-7,12H2,1-2H3,(H,24,25). The maximum atomic E-state index is 12.7. The van der Waals surface area contributed by atoms with Crippen LogP contribution in [0.4, 0.5) is 13.2 Å². The second kappa shape index (κ2) is 9.55. The molecule has 2 aromatic heterocycles. The van der Waals surface area contributed by atoms with Crippen LogP contribution in [0.5, 0.6) is 5.88 Å². The van der Waals surface area contributed by atoms with Crippen LogP contribution in [0, 0.1) is 5.92 Å². The van der Waals surface area contributed by atoms with Gasteiger partial charge in [0.05, 0.1) is 18.3 Å². The lowest BCUT2D eigenvalue weighted by Crippen LogP contribution is -2.41. The molecule has 0 radical (unpaired) electrons. The summed E-state index contributed by atoms with van der Waals surface area (Å²) >= 11 is 5.85. The number of likely N-dealkylation sites (tertiary alicyclic amines) is 1. The topological polar surface area (TPSA) is 67.6 Å². The quantitative estimate of drug-likeness (QED) is 0.421. The highest BCUT2D eigenvalue weighted by Gasteiger charge is 2.31. The lowest BCUT2D eigenvalue weighted by Gasteiger charge is -2.21. The first kappa shape index (κ1) is 22.2. The van der Waals surface area contributed by atoms with E-state index < -0.39 is 11.7 Å². The van der Waals surface area contributed by atoms with Crippen molar-refractivity contribution in [3.05, 3.63) is 40.8 Å². The molecule has 11 heteroatoms. The Balaban J connectivity index is 1.44. The van der Waals surface area contributed by atoms with Crippen LogP contribution in [0.2, 0.25) is 5.02 Å². The van der Waals surface area contributed by atoms with Crippen molar-refractivity contribution in [2.45, 2.75) is 19.0 Å². The molecule has 0 aliphatic carbocycles. The Bertz CT molecular complexity index is 885. The minimum absolute atomic E-state index is 0.0286. The molecular weight excluding hydrogens is 421 g/mol. The van der Waals surface area contributed by atoms with Gasteiger partial charge in [-0.25, -0.2) is 4.98 Å². The predicted molar refractivity (Wildman–Crippen MR) is 108 cm³/mol. The number of aliphatic imine (C=N–C) groups is 1. The van der Waals surface area contributed by atoms with Crippen LogP contribution < -0.4 is 10.1 Å². The van der Waals surface area contributed by atoms with Crippen molar-refractivity contribution in [3.63, 3.8) is 0 Å². The Kier molecular flexibility index (Phi) is 7.06. The lowest BCUT2D eigenvalue weighted by atomic mass is 10.0. The van der Waals surface area contributed by atoms with Gasteiger partial charge in [0, 0.05) is 39.6 Å². The number of aryl methyl sites for hydroxylation is 1. The van der Waals surface area contributed by atoms with Gasteiger partial charge in [-0.15, -0.1) is 0 Å². The van der Waals surface area contributed by atoms with Gasteiger partial charge in [-0.05, 0) is 30.4 Å². The second-order valence-electron chi connectivity index (χ2n) is 7.16. The van der Waals surface area contributed by atoms with Crippen LogP contribution in [0.25, 0.3) is 0 Å². The molecule has 1 N–H and O–H groups in total. The number of pyridine rings is 1. The number of ether oxygens (including phenoxy) is 1. The Morgan fingerprint density at radius 3 is 2.83 bits per heavy atom. The van der Waals surface area contributed by atoms with E-state index in [1.807, 2.05) is 19.4 Å². The average Bonchev–Trinajstić information content (AvgIpc) is 3.31. The van der Waals surface area contributed by atoms with E-state index >= 15 is 0 Å². The van der Waals surface area contributed by atoms with Gasteiger partial charge in [0.1, 0.15) is 11.6 Å². The van der Waals surface area contributed by atoms with Gasteiger partial charge in [-0.1, -0.05) is 11.6 Å². The van der Waals surface area contributed by atoms with Crippen LogP contribution in [0.15, 0.2) is 29.6 Å². The Morgan fingerprint density at radius 1 is 1.40 bits per heavy atom. The lowest BCUT2D eigenvalue weighted by molar-refractivity contribution is -0.137. The fraction of sp³-hybridized carbons (Fsp3) is 0.526. The third kappa shape index (κ3) is 5.78. The summed E-state index contributed by atoms with van der Waals surface area (Å²) in [6, 6.07) is 0.808. The molecule has 0 aromatic carbocycles. The highest BCUT2D eigenvalue weighted by atomic mass is 35.5. The summed E-state index contributed by atoms with van der Waals surface area (Å²) in [5, 5.41) is 7.24. The maximum absolute atomic E-state index is 12.7. The van der Waals surface area contributed by atoms with E-state index in [0.29, 0.717) is 18.7 Å². The third-order valence-corrected chi connectivity index (χ3v) is 5.11. The number of hydrogen-bond acceptors (Lipinski definition) is 4. The molecule has 1 saturated heterocycles. The molecule has 2 aromatic rings. The van der Waals surface area contributed by atoms with E-state index in [9.17, 15) is 13.2 Å². The van der Waals surface area contributed by atoms with Crippen molar-refractivity contribution in [1.82, 2.24) is 25.0 Å². The molecule has 7 nitrogen and oxygen atoms in total. The molecule has 1 atom stereocenters. The van der Waals surface area contributed by atoms with E-state index in [1.165, 1.54) is 5.56 Å². The third-order valence-electron chi connectivity index (χ3n) is 4.84. The normalized spacial score (nSPS) is 17.5. The molecule has 30 heavy (non-hydrogen) atoms. The molecule has 1 aliphatic heterocycles. The van der Waals surface area contributed by atoms with Gasteiger partial charge in [0.15, 0.2) is 5.96 Å². The highest BCUT2D eigenvalue weighted by molar-refractivity contribution is 6.31. The Hall–Kier alpha value is -2.49. The van der Waals surface area contributed by atoms with Gasteiger partial charge < -0.3 is 15.0 Å². The molecule has 0 bridgehead atoms. The first-order valence-corrected chi connectivity index (χ1v) is 9.92. The maximum Gasteiger partial charge on any atom is 0.417 e. The van der Waals surface area contributed by atoms with Gasteiger partial charge in [-0.2, -0.15) is 18.3 Å². The molecule has 1 unspecified atom stereocenters. The fourth-order valence-corrected chi connectivity index (χ4v) is 3.65. The van der Waals surface area contributed by atoms with Gasteiger partial charge in [0.2, 0.25) is 5.88 Å². The molecular formula is C19H24ClF3N6O. The number of nitrogens with one attached hydrogen (secondary N) is 1. The molecule has 1 aliphatic rings. The molecule has 164 valence electrons. The summed E-state index contributed by atoms with van der Waals surface area (Å²) in [5.41, 5.74) is 0.315. The molecule has 0 spiro atoms. The minimum atomic E-state index is -4.49. The van der Waals surface area contributed by atoms with Gasteiger partial charge >= 0.3 is 6.18 Å². The second-order valence-corrected chi connectivity index (χ2v) is 7.57. The van der Waals surface area contributed by atoms with E-state index in [2.05, 4.69) is 25.3 Å². The predicted octanol–water partition coefficient (Wildman–Crippen LogP) is 3.01. The van der Waals surface area contributed by atoms with E-state index in [-0.39, 0.29) is 17.5 Å². The van der Waals surface area contributed by atoms with E-state index in [4.69, 9.17) is 16.3 Å². The average molecular weight is 445 g/mol. The first-order valence-electron chi connectivity index (χ1n) is 9.55. The molecule has 1 fully saturated rings. The summed E-state index contributed by atoms with van der Waals surface area (Å²) in [6.45, 7) is 2.39. The molecule has 0 amide bonds. The Labute approximate surface area is 177 Å². The van der Waals surface area contributed by atoms with Crippen molar-refractivity contribution in [1.29, 1.82) is 0 Å². The van der Waals surface area contributed by atoms with Gasteiger partial charge in [-0.3, -0.25) is 9.67 Å². The fourth-order valence-electron chi connectivity index (χ4n) is 3.43. The van der Waals surface area contributed by atoms with Crippen molar-refractivity contribution in [2.24, 2.45) is 18.0 Å². The number of rotatable bonds is 6. The number of alkyl halides is 3. The number of guanidine groups is 1. The van der Waals surface area contributed by atoms with Crippen LogP contribution >= 0.6 is 11.6 Å². The van der Waals surface area contributed by atoms with Crippen LogP contribution in [0.1, 0.15) is 17.5 Å². The monoisotopic (exact) mass is 444 g/mol. The summed E-state index contributed by atoms with van der Waals surface area (Å²) in [7, 11) is 3.62. The zero-order valence-electron chi connectivity index (χ0n) is 16.8. The van der Waals surface area contributed by atoms with E-state index in [0.717, 1.165) is 38.0 Å². The first-order chi connectivity index (χ1) is 14.3. The minimum Gasteiger partial charge on any atom is -0.475 e. The summed E-state index contributed by atoms with van der Waals surface area (Å²) in [6.07, 6.45) is 2.19. The summed E-state index contributed by atoms with van der Waals surface area (Å²) < 4.78 is 45.2.